The zero-order chi connectivity index (χ0) is 19.4. The topological polar surface area (TPSA) is 55.8 Å². The summed E-state index contributed by atoms with van der Waals surface area (Å²) in [5.41, 5.74) is -0.210. The molecule has 1 rings (SSSR count). The maximum absolute atomic E-state index is 12.7. The maximum Gasteiger partial charge on any atom is 0.415 e. The summed E-state index contributed by atoms with van der Waals surface area (Å²) in [5.74, 6) is -0.284. The molecule has 1 atom stereocenters. The zero-order valence-corrected chi connectivity index (χ0v) is 18.3. The van der Waals surface area contributed by atoms with Gasteiger partial charge >= 0.3 is 12.1 Å². The lowest BCUT2D eigenvalue weighted by Gasteiger charge is -2.31. The van der Waals surface area contributed by atoms with E-state index in [0.717, 1.165) is 3.57 Å². The predicted octanol–water partition coefficient (Wildman–Crippen LogP) is 5.27. The van der Waals surface area contributed by atoms with Crippen molar-refractivity contribution in [3.8, 4) is 0 Å². The number of hydrogen-bond acceptors (Lipinski definition) is 4. The van der Waals surface area contributed by atoms with E-state index in [9.17, 15) is 9.59 Å². The number of esters is 1. The first kappa shape index (κ1) is 22.0. The number of halogens is 2. The molecule has 5 nitrogen and oxygen atoms in total. The van der Waals surface area contributed by atoms with Crippen molar-refractivity contribution in [3.05, 3.63) is 26.8 Å². The summed E-state index contributed by atoms with van der Waals surface area (Å²) in [6, 6.07) is 4.30. The van der Waals surface area contributed by atoms with Gasteiger partial charge in [-0.25, -0.2) is 9.59 Å². The highest BCUT2D eigenvalue weighted by Crippen LogP contribution is 2.28. The molecule has 25 heavy (non-hydrogen) atoms. The van der Waals surface area contributed by atoms with Crippen molar-refractivity contribution < 1.29 is 19.1 Å². The van der Waals surface area contributed by atoms with Crippen molar-refractivity contribution in [2.24, 2.45) is 5.92 Å². The van der Waals surface area contributed by atoms with E-state index >= 15 is 0 Å². The van der Waals surface area contributed by atoms with Gasteiger partial charge in [0.15, 0.2) is 0 Å². The summed E-state index contributed by atoms with van der Waals surface area (Å²) >= 11 is 8.28. The summed E-state index contributed by atoms with van der Waals surface area (Å²) in [7, 11) is 0. The van der Waals surface area contributed by atoms with Crippen LogP contribution in [0.2, 0.25) is 5.02 Å². The molecule has 0 N–H and O–H groups in total. The van der Waals surface area contributed by atoms with E-state index < -0.39 is 23.7 Å². The van der Waals surface area contributed by atoms with Gasteiger partial charge in [0.05, 0.1) is 11.6 Å². The highest BCUT2D eigenvalue weighted by Gasteiger charge is 2.32. The molecular weight excluding hydrogens is 457 g/mol. The number of carbonyl (C=O) groups excluding carboxylic acids is 2. The van der Waals surface area contributed by atoms with E-state index in [-0.39, 0.29) is 5.92 Å². The van der Waals surface area contributed by atoms with E-state index in [1.807, 2.05) is 13.8 Å². The lowest BCUT2D eigenvalue weighted by Crippen LogP contribution is -2.46. The largest absolute Gasteiger partial charge is 0.464 e. The van der Waals surface area contributed by atoms with Gasteiger partial charge in [-0.15, -0.1) is 0 Å². The first-order valence-corrected chi connectivity index (χ1v) is 9.52. The molecule has 0 saturated carbocycles. The maximum atomic E-state index is 12.7. The zero-order valence-electron chi connectivity index (χ0n) is 15.4. The fourth-order valence-electron chi connectivity index (χ4n) is 1.91. The molecule has 1 aromatic carbocycles. The number of ether oxygens (including phenoxy) is 2. The molecule has 0 spiro atoms. The van der Waals surface area contributed by atoms with Gasteiger partial charge in [0.1, 0.15) is 11.6 Å². The van der Waals surface area contributed by atoms with Gasteiger partial charge in [0.25, 0.3) is 0 Å². The summed E-state index contributed by atoms with van der Waals surface area (Å²) in [6.45, 7) is 11.1. The third kappa shape index (κ3) is 7.01. The number of nitrogens with zero attached hydrogens (tertiary/aromatic N) is 1. The van der Waals surface area contributed by atoms with E-state index in [1.54, 1.807) is 45.9 Å². The molecule has 7 heteroatoms. The van der Waals surface area contributed by atoms with Crippen LogP contribution in [0.25, 0.3) is 0 Å². The molecule has 0 aliphatic heterocycles. The molecule has 0 aliphatic carbocycles. The molecule has 0 heterocycles. The van der Waals surface area contributed by atoms with Crippen LogP contribution in [0.4, 0.5) is 10.5 Å². The highest BCUT2D eigenvalue weighted by atomic mass is 127. The Morgan fingerprint density at radius 1 is 1.24 bits per heavy atom. The fourth-order valence-corrected chi connectivity index (χ4v) is 2.42. The molecule has 1 aromatic rings. The second-order valence-electron chi connectivity index (χ2n) is 7.15. The number of hydrogen-bond donors (Lipinski definition) is 0. The van der Waals surface area contributed by atoms with Crippen molar-refractivity contribution >= 4 is 51.9 Å². The number of anilines is 1. The summed E-state index contributed by atoms with van der Waals surface area (Å²) < 4.78 is 11.6. The second kappa shape index (κ2) is 9.07. The average molecular weight is 482 g/mol. The SMILES string of the molecule is CC(C)COC(=O)[C@H](C)N(C(=O)OC(C)(C)C)c1ccc(I)c(Cl)c1. The molecule has 0 fully saturated rings. The van der Waals surface area contributed by atoms with Crippen molar-refractivity contribution in [2.45, 2.75) is 53.2 Å². The Kier molecular flexibility index (Phi) is 7.99. The van der Waals surface area contributed by atoms with Gasteiger partial charge in [0, 0.05) is 9.26 Å². The lowest BCUT2D eigenvalue weighted by atomic mass is 10.2. The van der Waals surface area contributed by atoms with Gasteiger partial charge in [-0.1, -0.05) is 25.4 Å². The van der Waals surface area contributed by atoms with Crippen LogP contribution in [-0.2, 0) is 14.3 Å². The minimum atomic E-state index is -0.843. The quantitative estimate of drug-likeness (QED) is 0.424. The van der Waals surface area contributed by atoms with E-state index in [0.29, 0.717) is 17.3 Å². The number of amides is 1. The van der Waals surface area contributed by atoms with Crippen LogP contribution in [0.3, 0.4) is 0 Å². The molecular formula is C18H25ClINO4. The molecule has 0 aromatic heterocycles. The van der Waals surface area contributed by atoms with Crippen LogP contribution in [-0.4, -0.2) is 30.3 Å². The Morgan fingerprint density at radius 2 is 1.84 bits per heavy atom. The first-order valence-electron chi connectivity index (χ1n) is 8.06. The fraction of sp³-hybridized carbons (Fsp3) is 0.556. The Morgan fingerprint density at radius 3 is 2.32 bits per heavy atom. The third-order valence-electron chi connectivity index (χ3n) is 3.06. The van der Waals surface area contributed by atoms with Crippen molar-refractivity contribution in [2.75, 3.05) is 11.5 Å². The molecule has 0 saturated heterocycles. The predicted molar refractivity (Wildman–Crippen MR) is 108 cm³/mol. The van der Waals surface area contributed by atoms with E-state index in [1.165, 1.54) is 4.90 Å². The number of rotatable bonds is 5. The summed E-state index contributed by atoms with van der Waals surface area (Å²) in [4.78, 5) is 26.3. The molecule has 0 unspecified atom stereocenters. The molecule has 0 bridgehead atoms. The average Bonchev–Trinajstić information content (AvgIpc) is 2.46. The van der Waals surface area contributed by atoms with Gasteiger partial charge in [-0.2, -0.15) is 0 Å². The number of benzene rings is 1. The highest BCUT2D eigenvalue weighted by molar-refractivity contribution is 14.1. The van der Waals surface area contributed by atoms with Crippen LogP contribution >= 0.6 is 34.2 Å². The smallest absolute Gasteiger partial charge is 0.415 e. The Balaban J connectivity index is 3.15. The molecule has 140 valence electrons. The van der Waals surface area contributed by atoms with Crippen LogP contribution < -0.4 is 4.90 Å². The molecule has 0 radical (unpaired) electrons. The van der Waals surface area contributed by atoms with Crippen LogP contribution in [0.5, 0.6) is 0 Å². The Labute approximate surface area is 168 Å². The van der Waals surface area contributed by atoms with Gasteiger partial charge in [0.2, 0.25) is 0 Å². The molecule has 1 amide bonds. The van der Waals surface area contributed by atoms with E-state index in [4.69, 9.17) is 21.1 Å². The van der Waals surface area contributed by atoms with Crippen molar-refractivity contribution in [3.63, 3.8) is 0 Å². The lowest BCUT2D eigenvalue weighted by molar-refractivity contribution is -0.145. The normalized spacial score (nSPS) is 12.7. The Bertz CT molecular complexity index is 628. The number of carbonyl (C=O) groups is 2. The van der Waals surface area contributed by atoms with Gasteiger partial charge in [-0.3, -0.25) is 4.90 Å². The van der Waals surface area contributed by atoms with Crippen LogP contribution in [0.15, 0.2) is 18.2 Å². The minimum absolute atomic E-state index is 0.207. The van der Waals surface area contributed by atoms with Gasteiger partial charge < -0.3 is 9.47 Å². The standard InChI is InChI=1S/C18H25ClINO4/c1-11(2)10-24-16(22)12(3)21(17(23)25-18(4,5)6)13-7-8-15(20)14(19)9-13/h7-9,11-12H,10H2,1-6H3/t12-/m0/s1. The third-order valence-corrected chi connectivity index (χ3v) is 4.63. The summed E-state index contributed by atoms with van der Waals surface area (Å²) in [6.07, 6.45) is -0.626. The van der Waals surface area contributed by atoms with Crippen LogP contribution in [0, 0.1) is 9.49 Å². The van der Waals surface area contributed by atoms with Crippen LogP contribution in [0.1, 0.15) is 41.5 Å². The first-order chi connectivity index (χ1) is 11.4. The Hall–Kier alpha value is -1.02. The molecule has 0 aliphatic rings. The van der Waals surface area contributed by atoms with E-state index in [2.05, 4.69) is 22.6 Å². The minimum Gasteiger partial charge on any atom is -0.464 e. The van der Waals surface area contributed by atoms with Crippen molar-refractivity contribution in [1.82, 2.24) is 0 Å². The van der Waals surface area contributed by atoms with Gasteiger partial charge in [-0.05, 0) is 74.4 Å². The van der Waals surface area contributed by atoms with Crippen molar-refractivity contribution in [1.29, 1.82) is 0 Å². The second-order valence-corrected chi connectivity index (χ2v) is 8.72. The monoisotopic (exact) mass is 481 g/mol. The summed E-state index contributed by atoms with van der Waals surface area (Å²) in [5, 5.41) is 0.495.